The Morgan fingerprint density at radius 2 is 2.14 bits per heavy atom. The molecule has 1 fully saturated rings. The van der Waals surface area contributed by atoms with Crippen LogP contribution in [0.3, 0.4) is 0 Å². The predicted molar refractivity (Wildman–Crippen MR) is 77.8 cm³/mol. The van der Waals surface area contributed by atoms with Gasteiger partial charge in [-0.15, -0.1) is 0 Å². The van der Waals surface area contributed by atoms with Crippen LogP contribution in [0.5, 0.6) is 0 Å². The minimum absolute atomic E-state index is 0.122. The summed E-state index contributed by atoms with van der Waals surface area (Å²) in [7, 11) is 0. The summed E-state index contributed by atoms with van der Waals surface area (Å²) in [4.78, 5) is 26.3. The number of aryl methyl sites for hydroxylation is 1. The summed E-state index contributed by atoms with van der Waals surface area (Å²) in [5, 5.41) is 17.0. The van der Waals surface area contributed by atoms with Gasteiger partial charge in [-0.25, -0.2) is 0 Å². The van der Waals surface area contributed by atoms with Gasteiger partial charge in [0.25, 0.3) is 5.69 Å². The van der Waals surface area contributed by atoms with Gasteiger partial charge in [0, 0.05) is 42.9 Å². The fourth-order valence-corrected chi connectivity index (χ4v) is 2.20. The van der Waals surface area contributed by atoms with E-state index >= 15 is 0 Å². The number of nitrogens with one attached hydrogen (secondary N) is 2. The first-order valence-corrected chi connectivity index (χ1v) is 7.08. The Bertz CT molecular complexity index is 555. The van der Waals surface area contributed by atoms with Crippen LogP contribution in [0.25, 0.3) is 0 Å². The smallest absolute Gasteiger partial charge is 0.278 e. The number of nitro groups is 1. The zero-order valence-electron chi connectivity index (χ0n) is 12.3. The van der Waals surface area contributed by atoms with E-state index in [0.717, 1.165) is 12.8 Å². The van der Waals surface area contributed by atoms with Crippen LogP contribution in [-0.2, 0) is 11.3 Å². The van der Waals surface area contributed by atoms with Crippen LogP contribution < -0.4 is 10.6 Å². The lowest BCUT2D eigenvalue weighted by molar-refractivity contribution is -0.386. The first kappa shape index (κ1) is 15.4. The summed E-state index contributed by atoms with van der Waals surface area (Å²) in [6.07, 6.45) is 3.52. The highest BCUT2D eigenvalue weighted by atomic mass is 16.6. The van der Waals surface area contributed by atoms with Crippen molar-refractivity contribution in [2.45, 2.75) is 33.2 Å². The Morgan fingerprint density at radius 1 is 1.43 bits per heavy atom. The number of rotatable bonds is 7. The molecule has 0 saturated heterocycles. The minimum atomic E-state index is -0.369. The van der Waals surface area contributed by atoms with Gasteiger partial charge in [-0.2, -0.15) is 0 Å². The largest absolute Gasteiger partial charge is 0.355 e. The van der Waals surface area contributed by atoms with E-state index in [-0.39, 0.29) is 22.4 Å². The van der Waals surface area contributed by atoms with Crippen molar-refractivity contribution in [3.63, 3.8) is 0 Å². The molecule has 1 heterocycles. The third-order valence-corrected chi connectivity index (χ3v) is 3.60. The van der Waals surface area contributed by atoms with E-state index < -0.39 is 0 Å². The second kappa shape index (κ2) is 6.62. The van der Waals surface area contributed by atoms with Gasteiger partial charge < -0.3 is 10.6 Å². The van der Waals surface area contributed by atoms with E-state index in [9.17, 15) is 14.9 Å². The number of hydrogen-bond donors (Lipinski definition) is 2. The Labute approximate surface area is 123 Å². The maximum atomic E-state index is 11.4. The van der Waals surface area contributed by atoms with E-state index in [1.54, 1.807) is 13.8 Å². The van der Waals surface area contributed by atoms with E-state index in [1.807, 2.05) is 0 Å². The van der Waals surface area contributed by atoms with Crippen molar-refractivity contribution >= 4 is 11.6 Å². The second-order valence-corrected chi connectivity index (χ2v) is 5.36. The quantitative estimate of drug-likeness (QED) is 0.447. The van der Waals surface area contributed by atoms with Gasteiger partial charge in [0.15, 0.2) is 0 Å². The highest BCUT2D eigenvalue weighted by Crippen LogP contribution is 2.28. The topological polar surface area (TPSA) is 97.2 Å². The molecule has 1 aromatic heterocycles. The van der Waals surface area contributed by atoms with Gasteiger partial charge >= 0.3 is 0 Å². The normalized spacial score (nSPS) is 14.0. The molecule has 114 valence electrons. The van der Waals surface area contributed by atoms with Crippen LogP contribution in [0, 0.1) is 29.9 Å². The van der Waals surface area contributed by atoms with Crippen molar-refractivity contribution in [3.8, 4) is 0 Å². The van der Waals surface area contributed by atoms with Gasteiger partial charge in [0.2, 0.25) is 5.91 Å². The lowest BCUT2D eigenvalue weighted by Gasteiger charge is -2.09. The third kappa shape index (κ3) is 3.98. The molecule has 0 spiro atoms. The first-order valence-electron chi connectivity index (χ1n) is 7.08. The van der Waals surface area contributed by atoms with Crippen molar-refractivity contribution in [2.75, 3.05) is 13.1 Å². The Morgan fingerprint density at radius 3 is 2.76 bits per heavy atom. The minimum Gasteiger partial charge on any atom is -0.355 e. The van der Waals surface area contributed by atoms with Crippen molar-refractivity contribution in [1.29, 1.82) is 0 Å². The van der Waals surface area contributed by atoms with Crippen LogP contribution in [0.2, 0.25) is 0 Å². The molecule has 1 aliphatic rings. The van der Waals surface area contributed by atoms with Crippen molar-refractivity contribution < 1.29 is 9.72 Å². The summed E-state index contributed by atoms with van der Waals surface area (Å²) in [6.45, 7) is 5.02. The molecule has 0 unspecified atom stereocenters. The average Bonchev–Trinajstić information content (AvgIpc) is 3.24. The number of nitrogens with zero attached hydrogens (tertiary/aromatic N) is 2. The number of carbonyl (C=O) groups is 1. The molecule has 1 aromatic rings. The van der Waals surface area contributed by atoms with Crippen molar-refractivity contribution in [3.05, 3.63) is 33.1 Å². The molecule has 0 atom stereocenters. The van der Waals surface area contributed by atoms with Gasteiger partial charge in [-0.3, -0.25) is 19.9 Å². The molecule has 21 heavy (non-hydrogen) atoms. The van der Waals surface area contributed by atoms with E-state index in [1.165, 1.54) is 6.20 Å². The number of hydrogen-bond acceptors (Lipinski definition) is 5. The molecule has 1 aliphatic carbocycles. The average molecular weight is 292 g/mol. The van der Waals surface area contributed by atoms with Gasteiger partial charge in [0.05, 0.1) is 10.6 Å². The van der Waals surface area contributed by atoms with Gasteiger partial charge in [-0.05, 0) is 26.7 Å². The fourth-order valence-electron chi connectivity index (χ4n) is 2.20. The van der Waals surface area contributed by atoms with Crippen LogP contribution in [0.15, 0.2) is 6.20 Å². The number of pyridine rings is 1. The summed E-state index contributed by atoms with van der Waals surface area (Å²) in [6, 6.07) is 0. The molecule has 1 saturated carbocycles. The van der Waals surface area contributed by atoms with Crippen LogP contribution in [0.1, 0.15) is 29.7 Å². The fraction of sp³-hybridized carbons (Fsp3) is 0.571. The molecule has 2 rings (SSSR count). The summed E-state index contributed by atoms with van der Waals surface area (Å²) in [5.74, 6) is 0.339. The lowest BCUT2D eigenvalue weighted by Crippen LogP contribution is -2.32. The molecular formula is C14H20N4O3. The van der Waals surface area contributed by atoms with Gasteiger partial charge in [0.1, 0.15) is 0 Å². The molecule has 0 aliphatic heterocycles. The standard InChI is InChI=1S/C14H20N4O3/c1-9-7-17-12(10(2)13(9)18(20)21)8-15-5-6-16-14(19)11-3-4-11/h7,11,15H,3-6,8H2,1-2H3,(H,16,19). The number of aromatic nitrogens is 1. The molecular weight excluding hydrogens is 272 g/mol. The number of carbonyl (C=O) groups excluding carboxylic acids is 1. The maximum absolute atomic E-state index is 11.4. The Kier molecular flexibility index (Phi) is 4.85. The molecule has 0 radical (unpaired) electrons. The van der Waals surface area contributed by atoms with E-state index in [2.05, 4.69) is 15.6 Å². The van der Waals surface area contributed by atoms with E-state index in [0.29, 0.717) is 36.5 Å². The molecule has 1 amide bonds. The van der Waals surface area contributed by atoms with Crippen molar-refractivity contribution in [2.24, 2.45) is 5.92 Å². The molecule has 0 aromatic carbocycles. The predicted octanol–water partition coefficient (Wildman–Crippen LogP) is 1.22. The number of amides is 1. The SMILES string of the molecule is Cc1cnc(CNCCNC(=O)C2CC2)c(C)c1[N+](=O)[O-]. The Hall–Kier alpha value is -2.02. The maximum Gasteiger partial charge on any atom is 0.278 e. The lowest BCUT2D eigenvalue weighted by atomic mass is 10.1. The Balaban J connectivity index is 1.81. The highest BCUT2D eigenvalue weighted by Gasteiger charge is 2.28. The monoisotopic (exact) mass is 292 g/mol. The van der Waals surface area contributed by atoms with Crippen LogP contribution in [0.4, 0.5) is 5.69 Å². The second-order valence-electron chi connectivity index (χ2n) is 5.36. The summed E-state index contributed by atoms with van der Waals surface area (Å²) < 4.78 is 0. The molecule has 2 N–H and O–H groups in total. The van der Waals surface area contributed by atoms with Gasteiger partial charge in [-0.1, -0.05) is 0 Å². The molecule has 0 bridgehead atoms. The summed E-state index contributed by atoms with van der Waals surface area (Å²) in [5.41, 5.74) is 1.96. The third-order valence-electron chi connectivity index (χ3n) is 3.60. The summed E-state index contributed by atoms with van der Waals surface area (Å²) >= 11 is 0. The van der Waals surface area contributed by atoms with E-state index in [4.69, 9.17) is 0 Å². The van der Waals surface area contributed by atoms with Crippen LogP contribution >= 0.6 is 0 Å². The highest BCUT2D eigenvalue weighted by molar-refractivity contribution is 5.80. The zero-order valence-corrected chi connectivity index (χ0v) is 12.3. The first-order chi connectivity index (χ1) is 10.0. The van der Waals surface area contributed by atoms with Crippen LogP contribution in [-0.4, -0.2) is 28.9 Å². The molecule has 7 heteroatoms. The zero-order chi connectivity index (χ0) is 15.4. The molecule has 7 nitrogen and oxygen atoms in total. The van der Waals surface area contributed by atoms with Crippen molar-refractivity contribution in [1.82, 2.24) is 15.6 Å².